The second-order valence-corrected chi connectivity index (χ2v) is 6.36. The van der Waals surface area contributed by atoms with Crippen LogP contribution >= 0.6 is 11.8 Å². The van der Waals surface area contributed by atoms with Gasteiger partial charge in [0.25, 0.3) is 5.91 Å². The number of carboxylic acid groups (broad SMARTS) is 1. The lowest BCUT2D eigenvalue weighted by Crippen LogP contribution is -2.11. The maximum Gasteiger partial charge on any atom is 0.313 e. The third-order valence-corrected chi connectivity index (χ3v) is 4.35. The summed E-state index contributed by atoms with van der Waals surface area (Å²) < 4.78 is 5.15. The Morgan fingerprint density at radius 1 is 1.17 bits per heavy atom. The molecule has 9 heteroatoms. The van der Waals surface area contributed by atoms with Gasteiger partial charge >= 0.3 is 5.97 Å². The highest BCUT2D eigenvalue weighted by atomic mass is 32.2. The molecular formula is C20H22N4O4S. The molecule has 3 aromatic rings. The molecule has 1 heterocycles. The van der Waals surface area contributed by atoms with Crippen LogP contribution in [0.4, 0.5) is 5.69 Å². The lowest BCUT2D eigenvalue weighted by Gasteiger charge is -2.07. The number of benzene rings is 2. The van der Waals surface area contributed by atoms with Crippen LogP contribution in [0.1, 0.15) is 24.2 Å². The lowest BCUT2D eigenvalue weighted by atomic mass is 10.1. The van der Waals surface area contributed by atoms with Crippen molar-refractivity contribution in [2.24, 2.45) is 0 Å². The Morgan fingerprint density at radius 3 is 2.66 bits per heavy atom. The smallest absolute Gasteiger partial charge is 0.313 e. The Balaban J connectivity index is 0.00000145. The van der Waals surface area contributed by atoms with Crippen LogP contribution in [0.2, 0.25) is 0 Å². The molecule has 1 aromatic heterocycles. The van der Waals surface area contributed by atoms with Gasteiger partial charge in [0, 0.05) is 22.9 Å². The van der Waals surface area contributed by atoms with Crippen LogP contribution in [0.5, 0.6) is 5.75 Å². The molecule has 0 saturated carbocycles. The molecule has 0 bridgehead atoms. The number of nitrogens with one attached hydrogen (secondary N) is 2. The van der Waals surface area contributed by atoms with Crippen LogP contribution in [0.25, 0.3) is 11.4 Å². The number of methoxy groups -OCH3 is 1. The number of carbonyl (C=O) groups is 2. The van der Waals surface area contributed by atoms with E-state index in [9.17, 15) is 9.59 Å². The normalized spacial score (nSPS) is 9.90. The summed E-state index contributed by atoms with van der Waals surface area (Å²) in [5, 5.41) is 18.6. The third kappa shape index (κ3) is 6.35. The minimum Gasteiger partial charge on any atom is -0.497 e. The van der Waals surface area contributed by atoms with Crippen molar-refractivity contribution in [1.82, 2.24) is 15.2 Å². The zero-order chi connectivity index (χ0) is 21.2. The highest BCUT2D eigenvalue weighted by Crippen LogP contribution is 2.21. The molecule has 29 heavy (non-hydrogen) atoms. The van der Waals surface area contributed by atoms with E-state index in [2.05, 4.69) is 20.5 Å². The summed E-state index contributed by atoms with van der Waals surface area (Å²) in [7, 11) is 1.56. The van der Waals surface area contributed by atoms with Gasteiger partial charge in [-0.15, -0.1) is 5.10 Å². The third-order valence-electron chi connectivity index (χ3n) is 3.52. The second kappa shape index (κ2) is 10.9. The number of rotatable bonds is 7. The van der Waals surface area contributed by atoms with E-state index < -0.39 is 5.97 Å². The van der Waals surface area contributed by atoms with Crippen LogP contribution < -0.4 is 10.1 Å². The van der Waals surface area contributed by atoms with Crippen molar-refractivity contribution in [2.75, 3.05) is 18.2 Å². The van der Waals surface area contributed by atoms with E-state index in [-0.39, 0.29) is 11.7 Å². The predicted molar refractivity (Wildman–Crippen MR) is 112 cm³/mol. The SMILES string of the molecule is CC.COc1cccc(NC(=O)c2cccc(-c3nc(SCC(=O)O)n[nH]3)c2)c1. The number of ether oxygens (including phenoxy) is 1. The van der Waals surface area contributed by atoms with E-state index in [1.807, 2.05) is 13.8 Å². The number of aliphatic carboxylic acids is 1. The number of H-pyrrole nitrogens is 1. The van der Waals surface area contributed by atoms with E-state index in [4.69, 9.17) is 9.84 Å². The molecule has 3 N–H and O–H groups in total. The maximum atomic E-state index is 12.5. The first-order valence-electron chi connectivity index (χ1n) is 8.88. The number of aromatic nitrogens is 3. The van der Waals surface area contributed by atoms with Gasteiger partial charge in [-0.3, -0.25) is 14.7 Å². The largest absolute Gasteiger partial charge is 0.497 e. The number of carbonyl (C=O) groups excluding carboxylic acids is 1. The Bertz CT molecular complexity index is 974. The highest BCUT2D eigenvalue weighted by Gasteiger charge is 2.12. The number of anilines is 1. The lowest BCUT2D eigenvalue weighted by molar-refractivity contribution is -0.133. The molecule has 0 aliphatic rings. The zero-order valence-corrected chi connectivity index (χ0v) is 17.1. The second-order valence-electron chi connectivity index (χ2n) is 5.42. The molecule has 0 radical (unpaired) electrons. The molecule has 0 atom stereocenters. The zero-order valence-electron chi connectivity index (χ0n) is 16.3. The van der Waals surface area contributed by atoms with Crippen molar-refractivity contribution in [3.63, 3.8) is 0 Å². The summed E-state index contributed by atoms with van der Waals surface area (Å²) >= 11 is 1.02. The predicted octanol–water partition coefficient (Wildman–Crippen LogP) is 3.94. The van der Waals surface area contributed by atoms with Crippen LogP contribution in [-0.4, -0.2) is 45.0 Å². The Hall–Kier alpha value is -3.33. The molecule has 0 spiro atoms. The Labute approximate surface area is 172 Å². The summed E-state index contributed by atoms with van der Waals surface area (Å²) in [6.07, 6.45) is 0. The molecule has 152 valence electrons. The molecular weight excluding hydrogens is 392 g/mol. The van der Waals surface area contributed by atoms with Gasteiger partial charge in [-0.25, -0.2) is 4.98 Å². The minimum atomic E-state index is -0.942. The van der Waals surface area contributed by atoms with Gasteiger partial charge in [0.05, 0.1) is 12.9 Å². The molecule has 8 nitrogen and oxygen atoms in total. The molecule has 3 rings (SSSR count). The fourth-order valence-electron chi connectivity index (χ4n) is 2.28. The quantitative estimate of drug-likeness (QED) is 0.501. The summed E-state index contributed by atoms with van der Waals surface area (Å²) in [6, 6.07) is 14.0. The van der Waals surface area contributed by atoms with Gasteiger partial charge < -0.3 is 15.2 Å². The summed E-state index contributed by atoms with van der Waals surface area (Å²) in [5.41, 5.74) is 1.74. The molecule has 2 aromatic carbocycles. The molecule has 0 aliphatic carbocycles. The summed E-state index contributed by atoms with van der Waals surface area (Å²) in [4.78, 5) is 27.4. The molecule has 1 amide bonds. The number of hydrogen-bond acceptors (Lipinski definition) is 6. The van der Waals surface area contributed by atoms with Crippen molar-refractivity contribution in [1.29, 1.82) is 0 Å². The van der Waals surface area contributed by atoms with Crippen LogP contribution in [0.15, 0.2) is 53.7 Å². The number of aromatic amines is 1. The average molecular weight is 414 g/mol. The van der Waals surface area contributed by atoms with E-state index in [1.165, 1.54) is 0 Å². The van der Waals surface area contributed by atoms with E-state index in [0.29, 0.717) is 33.5 Å². The van der Waals surface area contributed by atoms with Crippen molar-refractivity contribution >= 4 is 29.3 Å². The first-order chi connectivity index (χ1) is 14.0. The van der Waals surface area contributed by atoms with E-state index in [1.54, 1.807) is 55.6 Å². The first kappa shape index (κ1) is 22.0. The maximum absolute atomic E-state index is 12.5. The van der Waals surface area contributed by atoms with Crippen molar-refractivity contribution in [2.45, 2.75) is 19.0 Å². The van der Waals surface area contributed by atoms with Crippen LogP contribution in [0, 0.1) is 0 Å². The fraction of sp³-hybridized carbons (Fsp3) is 0.200. The Morgan fingerprint density at radius 2 is 1.93 bits per heavy atom. The van der Waals surface area contributed by atoms with Gasteiger partial charge in [0.1, 0.15) is 5.75 Å². The van der Waals surface area contributed by atoms with Crippen molar-refractivity contribution < 1.29 is 19.4 Å². The first-order valence-corrected chi connectivity index (χ1v) is 9.86. The standard InChI is InChI=1S/C18H16N4O4S.C2H6/c1-26-14-7-3-6-13(9-14)19-17(25)12-5-2-4-11(8-12)16-20-18(22-21-16)27-10-15(23)24;1-2/h2-9H,10H2,1H3,(H,19,25)(H,23,24)(H,20,21,22);1-2H3. The number of hydrogen-bond donors (Lipinski definition) is 3. The number of amides is 1. The van der Waals surface area contributed by atoms with Gasteiger partial charge in [-0.2, -0.15) is 0 Å². The Kier molecular flexibility index (Phi) is 8.23. The molecule has 0 unspecified atom stereocenters. The topological polar surface area (TPSA) is 117 Å². The monoisotopic (exact) mass is 414 g/mol. The number of nitrogens with zero attached hydrogens (tertiary/aromatic N) is 2. The van der Waals surface area contributed by atoms with Gasteiger partial charge in [-0.1, -0.05) is 43.8 Å². The molecule has 0 fully saturated rings. The van der Waals surface area contributed by atoms with Gasteiger partial charge in [0.2, 0.25) is 5.16 Å². The minimum absolute atomic E-state index is 0.125. The van der Waals surface area contributed by atoms with Crippen molar-refractivity contribution in [3.05, 3.63) is 54.1 Å². The summed E-state index contributed by atoms with van der Waals surface area (Å²) in [5.74, 6) is -0.235. The number of thioether (sulfide) groups is 1. The molecule has 0 aliphatic heterocycles. The summed E-state index contributed by atoms with van der Waals surface area (Å²) in [6.45, 7) is 4.00. The number of carboxylic acids is 1. The van der Waals surface area contributed by atoms with Crippen LogP contribution in [-0.2, 0) is 4.79 Å². The highest BCUT2D eigenvalue weighted by molar-refractivity contribution is 7.99. The molecule has 0 saturated heterocycles. The van der Waals surface area contributed by atoms with Crippen LogP contribution in [0.3, 0.4) is 0 Å². The van der Waals surface area contributed by atoms with Crippen molar-refractivity contribution in [3.8, 4) is 17.1 Å². The van der Waals surface area contributed by atoms with Gasteiger partial charge in [0.15, 0.2) is 5.82 Å². The van der Waals surface area contributed by atoms with Gasteiger partial charge in [-0.05, 0) is 24.3 Å². The van der Waals surface area contributed by atoms with E-state index in [0.717, 1.165) is 11.8 Å². The fourth-order valence-corrected chi connectivity index (χ4v) is 2.80. The average Bonchev–Trinajstić information content (AvgIpc) is 3.23. The van der Waals surface area contributed by atoms with E-state index >= 15 is 0 Å².